The van der Waals surface area contributed by atoms with Crippen molar-refractivity contribution < 1.29 is 92.2 Å². The summed E-state index contributed by atoms with van der Waals surface area (Å²) in [5.41, 5.74) is 0. The summed E-state index contributed by atoms with van der Waals surface area (Å²) in [7, 11) is -10.8. The summed E-state index contributed by atoms with van der Waals surface area (Å²) in [6, 6.07) is 0. The minimum atomic E-state index is -5.41. The van der Waals surface area contributed by atoms with Crippen molar-refractivity contribution in [1.29, 1.82) is 0 Å². The van der Waals surface area contributed by atoms with E-state index in [0.717, 1.165) is 70.6 Å². The number of aliphatic hydroxyl groups excluding tert-OH is 7. The van der Waals surface area contributed by atoms with E-state index >= 15 is 0 Å². The first-order valence-corrected chi connectivity index (χ1v) is 28.2. The third kappa shape index (κ3) is 32.6. The number of allylic oxidation sites excluding steroid dienone is 8. The van der Waals surface area contributed by atoms with Crippen LogP contribution in [0.5, 0.6) is 0 Å². The molecule has 0 spiro atoms. The fourth-order valence-corrected chi connectivity index (χ4v) is 8.88. The summed E-state index contributed by atoms with van der Waals surface area (Å²) in [5.74, 6) is -1.54. The second kappa shape index (κ2) is 39.1. The quantitative estimate of drug-likeness (QED) is 0.00994. The predicted octanol–water partition coefficient (Wildman–Crippen LogP) is 6.75. The first-order chi connectivity index (χ1) is 33.3. The third-order valence-electron chi connectivity index (χ3n) is 11.4. The molecule has 0 radical (unpaired) electrons. The summed E-state index contributed by atoms with van der Waals surface area (Å²) in [5, 5.41) is 71.9. The molecule has 1 fully saturated rings. The Kier molecular flexibility index (Phi) is 36.6. The molecule has 0 aromatic rings. The van der Waals surface area contributed by atoms with E-state index in [9.17, 15) is 69.1 Å². The topological polar surface area (TPSA) is 317 Å². The van der Waals surface area contributed by atoms with Crippen LogP contribution in [0.2, 0.25) is 0 Å². The van der Waals surface area contributed by atoms with Gasteiger partial charge in [0, 0.05) is 12.8 Å². The van der Waals surface area contributed by atoms with Crippen molar-refractivity contribution in [3.8, 4) is 0 Å². The number of ether oxygens (including phenoxy) is 2. The molecule has 0 bridgehead atoms. The van der Waals surface area contributed by atoms with Gasteiger partial charge in [-0.15, -0.1) is 0 Å². The zero-order chi connectivity index (χ0) is 52.2. The fraction of sp³-hybridized carbons (Fsp3) is 0.755. The molecule has 1 saturated carbocycles. The molecular formula is C49H86O19P2. The SMILES string of the molecule is CCCCCCCC/C=C\CCCCCCCCCC(=O)O[C@H](COC(=O)CCC[C@@H](O)[C@H](O)/C=C/C=C/C=C\C=C\[C@H](O)CCCCC)COP(=O)(O)O[C@H]1C(O)C(O)C(O)[C@@H](OP(=O)(O)O)C1O. The minimum Gasteiger partial charge on any atom is -0.462 e. The van der Waals surface area contributed by atoms with Crippen molar-refractivity contribution in [1.82, 2.24) is 0 Å². The van der Waals surface area contributed by atoms with Crippen molar-refractivity contribution in [2.75, 3.05) is 13.2 Å². The van der Waals surface area contributed by atoms with E-state index in [2.05, 4.69) is 30.5 Å². The molecule has 1 rings (SSSR count). The van der Waals surface area contributed by atoms with Crippen molar-refractivity contribution in [3.63, 3.8) is 0 Å². The van der Waals surface area contributed by atoms with Gasteiger partial charge in [0.2, 0.25) is 0 Å². The lowest BCUT2D eigenvalue weighted by atomic mass is 9.85. The highest BCUT2D eigenvalue weighted by molar-refractivity contribution is 7.47. The smallest absolute Gasteiger partial charge is 0.462 e. The fourth-order valence-electron chi connectivity index (χ4n) is 7.35. The number of phosphoric ester groups is 2. The molecule has 10 N–H and O–H groups in total. The first kappa shape index (κ1) is 65.6. The Bertz CT molecular complexity index is 1630. The Morgan fingerprint density at radius 1 is 0.543 bits per heavy atom. The van der Waals surface area contributed by atoms with Gasteiger partial charge in [0.05, 0.1) is 24.9 Å². The highest BCUT2D eigenvalue weighted by Crippen LogP contribution is 2.49. The van der Waals surface area contributed by atoms with Crippen molar-refractivity contribution >= 4 is 27.6 Å². The average Bonchev–Trinajstić information content (AvgIpc) is 3.31. The van der Waals surface area contributed by atoms with Crippen LogP contribution in [0.15, 0.2) is 60.8 Å². The van der Waals surface area contributed by atoms with E-state index in [1.807, 2.05) is 0 Å². The number of hydrogen-bond acceptors (Lipinski definition) is 16. The molecule has 0 heterocycles. The summed E-state index contributed by atoms with van der Waals surface area (Å²) in [6.07, 6.45) is 19.4. The number of hydrogen-bond donors (Lipinski definition) is 10. The standard InChI is InChI=1S/C49H86O19P2/c1-3-5-7-8-9-10-11-12-13-14-15-16-17-18-19-24-28-34-43(54)66-39(37-65-70(62,63)68-49-46(57)44(55)45(56)48(47(49)58)67-69(59,60)61)36-64-42(53)35-29-33-41(52)40(51)32-27-23-21-20-22-26-31-38(50)30-25-6-4-2/h12-13,20-23,26-27,31-32,38-41,44-52,55-58H,3-11,14-19,24-25,28-30,33-37H2,1-2H3,(H,62,63)(H2,59,60,61)/b13-12-,22-20-,23-21+,31-26+,32-27+/t38-,39-,40-,41-,44?,45?,46?,47?,48-,49+/m1/s1. The maximum absolute atomic E-state index is 13.0. The van der Waals surface area contributed by atoms with Crippen LogP contribution in [0.25, 0.3) is 0 Å². The molecule has 0 aromatic carbocycles. The number of rotatable bonds is 41. The Hall–Kier alpha value is -2.42. The second-order valence-electron chi connectivity index (χ2n) is 17.7. The maximum Gasteiger partial charge on any atom is 0.472 e. The third-order valence-corrected chi connectivity index (χ3v) is 12.9. The molecule has 1 aliphatic rings. The number of carbonyl (C=O) groups excluding carboxylic acids is 2. The summed E-state index contributed by atoms with van der Waals surface area (Å²) in [6.45, 7) is 2.71. The Morgan fingerprint density at radius 3 is 1.63 bits per heavy atom. The zero-order valence-electron chi connectivity index (χ0n) is 41.3. The number of aliphatic hydroxyl groups is 7. The van der Waals surface area contributed by atoms with Gasteiger partial charge in [-0.2, -0.15) is 0 Å². The van der Waals surface area contributed by atoms with Crippen molar-refractivity contribution in [2.45, 2.75) is 223 Å². The predicted molar refractivity (Wildman–Crippen MR) is 264 cm³/mol. The molecule has 0 aromatic heterocycles. The van der Waals surface area contributed by atoms with Gasteiger partial charge in [-0.1, -0.05) is 158 Å². The highest BCUT2D eigenvalue weighted by Gasteiger charge is 2.54. The van der Waals surface area contributed by atoms with Gasteiger partial charge in [-0.3, -0.25) is 23.2 Å². The van der Waals surface area contributed by atoms with Gasteiger partial charge in [0.1, 0.15) is 43.2 Å². The van der Waals surface area contributed by atoms with Crippen LogP contribution >= 0.6 is 15.6 Å². The van der Waals surface area contributed by atoms with Crippen LogP contribution < -0.4 is 0 Å². The van der Waals surface area contributed by atoms with E-state index < -0.39 is 102 Å². The summed E-state index contributed by atoms with van der Waals surface area (Å²) in [4.78, 5) is 54.4. The van der Waals surface area contributed by atoms with Gasteiger partial charge in [-0.25, -0.2) is 9.13 Å². The van der Waals surface area contributed by atoms with E-state index in [0.29, 0.717) is 12.8 Å². The molecule has 70 heavy (non-hydrogen) atoms. The van der Waals surface area contributed by atoms with Gasteiger partial charge < -0.3 is 59.9 Å². The number of carbonyl (C=O) groups is 2. The monoisotopic (exact) mass is 1040 g/mol. The van der Waals surface area contributed by atoms with Crippen LogP contribution in [0.3, 0.4) is 0 Å². The van der Waals surface area contributed by atoms with Crippen LogP contribution in [0, 0.1) is 0 Å². The zero-order valence-corrected chi connectivity index (χ0v) is 43.1. The van der Waals surface area contributed by atoms with E-state index in [4.69, 9.17) is 18.5 Å². The average molecular weight is 1040 g/mol. The van der Waals surface area contributed by atoms with Gasteiger partial charge in [0.25, 0.3) is 0 Å². The van der Waals surface area contributed by atoms with Crippen molar-refractivity contribution in [3.05, 3.63) is 60.8 Å². The molecule has 11 atom stereocenters. The molecule has 0 amide bonds. The molecule has 5 unspecified atom stereocenters. The normalized spacial score (nSPS) is 22.9. The Labute approximate surface area is 415 Å². The molecule has 19 nitrogen and oxygen atoms in total. The summed E-state index contributed by atoms with van der Waals surface area (Å²) >= 11 is 0. The number of phosphoric acid groups is 2. The Balaban J connectivity index is 2.71. The van der Waals surface area contributed by atoms with Crippen molar-refractivity contribution in [2.24, 2.45) is 0 Å². The molecule has 0 saturated heterocycles. The largest absolute Gasteiger partial charge is 0.472 e. The maximum atomic E-state index is 13.0. The molecule has 406 valence electrons. The second-order valence-corrected chi connectivity index (χ2v) is 20.3. The lowest BCUT2D eigenvalue weighted by Crippen LogP contribution is -2.64. The van der Waals surface area contributed by atoms with Crippen LogP contribution in [0.1, 0.15) is 162 Å². The van der Waals surface area contributed by atoms with Crippen LogP contribution in [0.4, 0.5) is 0 Å². The lowest BCUT2D eigenvalue weighted by Gasteiger charge is -2.43. The highest BCUT2D eigenvalue weighted by atomic mass is 31.2. The van der Waals surface area contributed by atoms with Crippen LogP contribution in [-0.2, 0) is 41.8 Å². The van der Waals surface area contributed by atoms with E-state index in [1.165, 1.54) is 44.6 Å². The van der Waals surface area contributed by atoms with E-state index in [1.54, 1.807) is 42.5 Å². The molecular weight excluding hydrogens is 954 g/mol. The number of unbranched alkanes of at least 4 members (excludes halogenated alkanes) is 15. The minimum absolute atomic E-state index is 0.00348. The number of esters is 2. The lowest BCUT2D eigenvalue weighted by molar-refractivity contribution is -0.216. The Morgan fingerprint density at radius 2 is 1.04 bits per heavy atom. The van der Waals surface area contributed by atoms with E-state index in [-0.39, 0.29) is 25.7 Å². The first-order valence-electron chi connectivity index (χ1n) is 25.2. The van der Waals surface area contributed by atoms with Crippen LogP contribution in [-0.4, -0.2) is 137 Å². The molecule has 21 heteroatoms. The van der Waals surface area contributed by atoms with Gasteiger partial charge in [0.15, 0.2) is 6.10 Å². The summed E-state index contributed by atoms with van der Waals surface area (Å²) < 4.78 is 49.2. The van der Waals surface area contributed by atoms with Gasteiger partial charge in [-0.05, 0) is 51.4 Å². The molecule has 1 aliphatic carbocycles. The molecule has 0 aliphatic heterocycles. The van der Waals surface area contributed by atoms with Gasteiger partial charge >= 0.3 is 27.6 Å².